The summed E-state index contributed by atoms with van der Waals surface area (Å²) in [5.41, 5.74) is 0. The van der Waals surface area contributed by atoms with E-state index >= 15 is 0 Å². The van der Waals surface area contributed by atoms with Crippen molar-refractivity contribution in [3.05, 3.63) is 24.3 Å². The first-order valence-electron chi connectivity index (χ1n) is 6.13. The van der Waals surface area contributed by atoms with Gasteiger partial charge in [0.1, 0.15) is 12.4 Å². The number of benzene rings is 1. The summed E-state index contributed by atoms with van der Waals surface area (Å²) in [7, 11) is -1.83. The van der Waals surface area contributed by atoms with Gasteiger partial charge < -0.3 is 4.74 Å². The smallest absolute Gasteiger partial charge is 0.242 e. The van der Waals surface area contributed by atoms with Crippen LogP contribution in [0.4, 0.5) is 0 Å². The molecule has 0 heterocycles. The average molecular weight is 306 g/mol. The number of hydrogen-bond donors (Lipinski definition) is 0. The maximum atomic E-state index is 12.3. The molecule has 4 nitrogen and oxygen atoms in total. The predicted octanol–water partition coefficient (Wildman–Crippen LogP) is 2.58. The fourth-order valence-electron chi connectivity index (χ4n) is 1.66. The maximum absolute atomic E-state index is 12.3. The lowest BCUT2D eigenvalue weighted by Crippen LogP contribution is -2.30. The second kappa shape index (κ2) is 7.12. The van der Waals surface area contributed by atoms with Crippen molar-refractivity contribution < 1.29 is 13.2 Å². The van der Waals surface area contributed by atoms with E-state index in [0.717, 1.165) is 0 Å². The van der Waals surface area contributed by atoms with Gasteiger partial charge in [-0.15, -0.1) is 11.6 Å². The molecule has 0 saturated carbocycles. The lowest BCUT2D eigenvalue weighted by molar-refractivity contribution is 0.342. The maximum Gasteiger partial charge on any atom is 0.242 e. The molecule has 0 aliphatic heterocycles. The fourth-order valence-corrected chi connectivity index (χ4v) is 3.07. The third-order valence-electron chi connectivity index (χ3n) is 2.50. The second-order valence-electron chi connectivity index (χ2n) is 4.69. The van der Waals surface area contributed by atoms with E-state index < -0.39 is 10.0 Å². The SMILES string of the molecule is CC(C)CN(C)S(=O)(=O)c1ccc(OCCCl)cc1. The number of sulfonamides is 1. The van der Waals surface area contributed by atoms with Crippen LogP contribution in [-0.4, -0.2) is 38.8 Å². The summed E-state index contributed by atoms with van der Waals surface area (Å²) < 4.78 is 31.2. The minimum absolute atomic E-state index is 0.272. The summed E-state index contributed by atoms with van der Waals surface area (Å²) >= 11 is 5.52. The first-order valence-corrected chi connectivity index (χ1v) is 8.10. The first-order chi connectivity index (χ1) is 8.87. The van der Waals surface area contributed by atoms with Crippen molar-refractivity contribution in [1.29, 1.82) is 0 Å². The molecule has 0 radical (unpaired) electrons. The normalized spacial score (nSPS) is 12.1. The molecule has 0 amide bonds. The van der Waals surface area contributed by atoms with E-state index in [1.54, 1.807) is 31.3 Å². The average Bonchev–Trinajstić information content (AvgIpc) is 2.36. The van der Waals surface area contributed by atoms with Crippen molar-refractivity contribution in [2.24, 2.45) is 5.92 Å². The Morgan fingerprint density at radius 2 is 1.84 bits per heavy atom. The Balaban J connectivity index is 2.84. The molecule has 1 aromatic rings. The molecule has 0 aromatic heterocycles. The summed E-state index contributed by atoms with van der Waals surface area (Å²) in [5.74, 6) is 1.30. The highest BCUT2D eigenvalue weighted by molar-refractivity contribution is 7.89. The van der Waals surface area contributed by atoms with Crippen molar-refractivity contribution in [2.75, 3.05) is 26.1 Å². The van der Waals surface area contributed by atoms with Crippen LogP contribution >= 0.6 is 11.6 Å². The Morgan fingerprint density at radius 1 is 1.26 bits per heavy atom. The number of nitrogens with zero attached hydrogens (tertiary/aromatic N) is 1. The summed E-state index contributed by atoms with van der Waals surface area (Å²) in [5, 5.41) is 0. The van der Waals surface area contributed by atoms with Crippen LogP contribution in [0, 0.1) is 5.92 Å². The Kier molecular flexibility index (Phi) is 6.10. The van der Waals surface area contributed by atoms with E-state index in [-0.39, 0.29) is 10.8 Å². The largest absolute Gasteiger partial charge is 0.492 e. The van der Waals surface area contributed by atoms with E-state index in [4.69, 9.17) is 16.3 Å². The highest BCUT2D eigenvalue weighted by Crippen LogP contribution is 2.19. The Bertz CT molecular complexity index is 485. The zero-order valence-electron chi connectivity index (χ0n) is 11.5. The third kappa shape index (κ3) is 4.67. The Hall–Kier alpha value is -0.780. The number of ether oxygens (including phenoxy) is 1. The molecule has 0 spiro atoms. The zero-order valence-corrected chi connectivity index (χ0v) is 13.0. The number of halogens is 1. The summed E-state index contributed by atoms with van der Waals surface area (Å²) in [6.07, 6.45) is 0. The Labute approximate surface area is 120 Å². The molecule has 0 aliphatic rings. The molecule has 0 saturated heterocycles. The van der Waals surface area contributed by atoms with Gasteiger partial charge in [-0.3, -0.25) is 0 Å². The van der Waals surface area contributed by atoms with Gasteiger partial charge in [0.2, 0.25) is 10.0 Å². The molecule has 0 atom stereocenters. The molecule has 0 aliphatic carbocycles. The first kappa shape index (κ1) is 16.3. The van der Waals surface area contributed by atoms with Gasteiger partial charge >= 0.3 is 0 Å². The standard InChI is InChI=1S/C13H20ClNO3S/c1-11(2)10-15(3)19(16,17)13-6-4-12(5-7-13)18-9-8-14/h4-7,11H,8-10H2,1-3H3. The molecule has 0 unspecified atom stereocenters. The van der Waals surface area contributed by atoms with Gasteiger partial charge in [0.25, 0.3) is 0 Å². The molecule has 1 rings (SSSR count). The Morgan fingerprint density at radius 3 is 2.32 bits per heavy atom. The van der Waals surface area contributed by atoms with Crippen molar-refractivity contribution >= 4 is 21.6 Å². The van der Waals surface area contributed by atoms with E-state index in [1.807, 2.05) is 13.8 Å². The number of hydrogen-bond acceptors (Lipinski definition) is 3. The number of alkyl halides is 1. The van der Waals surface area contributed by atoms with Crippen molar-refractivity contribution in [3.8, 4) is 5.75 Å². The van der Waals surface area contributed by atoms with E-state index in [1.165, 1.54) is 4.31 Å². The van der Waals surface area contributed by atoms with Gasteiger partial charge in [-0.1, -0.05) is 13.8 Å². The highest BCUT2D eigenvalue weighted by atomic mass is 35.5. The van der Waals surface area contributed by atoms with E-state index in [9.17, 15) is 8.42 Å². The van der Waals surface area contributed by atoms with Gasteiger partial charge in [0.15, 0.2) is 0 Å². The summed E-state index contributed by atoms with van der Waals surface area (Å²) in [6, 6.07) is 6.39. The summed E-state index contributed by atoms with van der Waals surface area (Å²) in [4.78, 5) is 0.272. The van der Waals surface area contributed by atoms with Crippen LogP contribution in [0.15, 0.2) is 29.2 Å². The highest BCUT2D eigenvalue weighted by Gasteiger charge is 2.21. The van der Waals surface area contributed by atoms with Crippen LogP contribution in [0.5, 0.6) is 5.75 Å². The fraction of sp³-hybridized carbons (Fsp3) is 0.538. The van der Waals surface area contributed by atoms with Crippen LogP contribution in [0.3, 0.4) is 0 Å². The molecule has 6 heteroatoms. The van der Waals surface area contributed by atoms with Gasteiger partial charge in [-0.2, -0.15) is 0 Å². The molecule has 0 N–H and O–H groups in total. The van der Waals surface area contributed by atoms with Gasteiger partial charge in [0.05, 0.1) is 10.8 Å². The zero-order chi connectivity index (χ0) is 14.5. The van der Waals surface area contributed by atoms with E-state index in [0.29, 0.717) is 24.8 Å². The van der Waals surface area contributed by atoms with Crippen LogP contribution in [0.2, 0.25) is 0 Å². The minimum atomic E-state index is -3.42. The number of rotatable bonds is 7. The second-order valence-corrected chi connectivity index (χ2v) is 7.11. The molecular formula is C13H20ClNO3S. The van der Waals surface area contributed by atoms with Gasteiger partial charge in [-0.05, 0) is 30.2 Å². The molecule has 19 heavy (non-hydrogen) atoms. The molecule has 108 valence electrons. The van der Waals surface area contributed by atoms with Crippen LogP contribution in [0.25, 0.3) is 0 Å². The van der Waals surface area contributed by atoms with E-state index in [2.05, 4.69) is 0 Å². The van der Waals surface area contributed by atoms with Crippen LogP contribution < -0.4 is 4.74 Å². The molecule has 0 bridgehead atoms. The van der Waals surface area contributed by atoms with Crippen LogP contribution in [-0.2, 0) is 10.0 Å². The topological polar surface area (TPSA) is 46.6 Å². The van der Waals surface area contributed by atoms with Gasteiger partial charge in [0, 0.05) is 13.6 Å². The molecular weight excluding hydrogens is 286 g/mol. The quantitative estimate of drug-likeness (QED) is 0.727. The molecule has 1 aromatic carbocycles. The minimum Gasteiger partial charge on any atom is -0.492 e. The van der Waals surface area contributed by atoms with Crippen molar-refractivity contribution in [3.63, 3.8) is 0 Å². The van der Waals surface area contributed by atoms with Crippen molar-refractivity contribution in [2.45, 2.75) is 18.7 Å². The monoisotopic (exact) mass is 305 g/mol. The van der Waals surface area contributed by atoms with Crippen LogP contribution in [0.1, 0.15) is 13.8 Å². The lowest BCUT2D eigenvalue weighted by Gasteiger charge is -2.19. The third-order valence-corrected chi connectivity index (χ3v) is 4.49. The predicted molar refractivity (Wildman–Crippen MR) is 77.3 cm³/mol. The summed E-state index contributed by atoms with van der Waals surface area (Å²) in [6.45, 7) is 4.86. The van der Waals surface area contributed by atoms with Gasteiger partial charge in [-0.25, -0.2) is 12.7 Å². The molecule has 0 fully saturated rings. The lowest BCUT2D eigenvalue weighted by atomic mass is 10.2. The van der Waals surface area contributed by atoms with Crippen molar-refractivity contribution in [1.82, 2.24) is 4.31 Å².